The molecule has 13 heavy (non-hydrogen) atoms. The molecule has 2 nitrogen and oxygen atoms in total. The molecule has 0 rings (SSSR count). The highest BCUT2D eigenvalue weighted by Gasteiger charge is 2.03. The summed E-state index contributed by atoms with van der Waals surface area (Å²) in [5.41, 5.74) is 0. The average Bonchev–Trinajstić information content (AvgIpc) is 2.14. The summed E-state index contributed by atoms with van der Waals surface area (Å²) < 4.78 is 0. The minimum absolute atomic E-state index is 0.558. The third-order valence-corrected chi connectivity index (χ3v) is 1.87. The molecule has 0 aromatic carbocycles. The van der Waals surface area contributed by atoms with Crippen molar-refractivity contribution in [2.24, 2.45) is 0 Å². The van der Waals surface area contributed by atoms with Gasteiger partial charge in [0.25, 0.3) is 0 Å². The summed E-state index contributed by atoms with van der Waals surface area (Å²) in [6.45, 7) is 12.3. The lowest BCUT2D eigenvalue weighted by Gasteiger charge is -2.17. The Bertz CT molecular complexity index is 132. The predicted molar refractivity (Wildman–Crippen MR) is 60.0 cm³/mol. The first kappa shape index (κ1) is 12.4. The van der Waals surface area contributed by atoms with Crippen LogP contribution in [0.15, 0.2) is 25.3 Å². The van der Waals surface area contributed by atoms with Gasteiger partial charge in [-0.05, 0) is 6.42 Å². The fraction of sp³-hybridized carbons (Fsp3) is 0.636. The smallest absolute Gasteiger partial charge is 0.0195 e. The normalized spacial score (nSPS) is 12.4. The van der Waals surface area contributed by atoms with Gasteiger partial charge < -0.3 is 10.6 Å². The van der Waals surface area contributed by atoms with E-state index in [2.05, 4.69) is 30.7 Å². The van der Waals surface area contributed by atoms with Gasteiger partial charge in [0.15, 0.2) is 0 Å². The molecule has 0 aliphatic rings. The van der Waals surface area contributed by atoms with E-state index in [1.807, 2.05) is 12.2 Å². The molecule has 0 aromatic heterocycles. The van der Waals surface area contributed by atoms with Gasteiger partial charge in [-0.25, -0.2) is 0 Å². The highest BCUT2D eigenvalue weighted by molar-refractivity contribution is 4.78. The molecular formula is C11H22N2. The van der Waals surface area contributed by atoms with E-state index in [1.54, 1.807) is 0 Å². The van der Waals surface area contributed by atoms with Gasteiger partial charge in [-0.15, -0.1) is 13.2 Å². The lowest BCUT2D eigenvalue weighted by atomic mass is 10.1. The van der Waals surface area contributed by atoms with Crippen molar-refractivity contribution < 1.29 is 0 Å². The van der Waals surface area contributed by atoms with Crippen molar-refractivity contribution in [1.29, 1.82) is 0 Å². The fourth-order valence-corrected chi connectivity index (χ4v) is 1.23. The van der Waals surface area contributed by atoms with Crippen molar-refractivity contribution in [1.82, 2.24) is 10.6 Å². The quantitative estimate of drug-likeness (QED) is 0.419. The Morgan fingerprint density at radius 3 is 2.46 bits per heavy atom. The number of hydrogen-bond acceptors (Lipinski definition) is 2. The van der Waals surface area contributed by atoms with Gasteiger partial charge in [0.2, 0.25) is 0 Å². The Kier molecular flexibility index (Phi) is 9.05. The molecule has 2 heteroatoms. The lowest BCUT2D eigenvalue weighted by molar-refractivity contribution is 0.471. The van der Waals surface area contributed by atoms with Gasteiger partial charge in [0.05, 0.1) is 0 Å². The van der Waals surface area contributed by atoms with E-state index in [9.17, 15) is 0 Å². The highest BCUT2D eigenvalue weighted by atomic mass is 15.0. The van der Waals surface area contributed by atoms with E-state index in [4.69, 9.17) is 0 Å². The van der Waals surface area contributed by atoms with E-state index >= 15 is 0 Å². The fourth-order valence-electron chi connectivity index (χ4n) is 1.23. The zero-order chi connectivity index (χ0) is 9.94. The van der Waals surface area contributed by atoms with Crippen LogP contribution < -0.4 is 10.6 Å². The van der Waals surface area contributed by atoms with Crippen LogP contribution in [0.25, 0.3) is 0 Å². The molecule has 0 radical (unpaired) electrons. The molecule has 1 atom stereocenters. The maximum absolute atomic E-state index is 3.69. The molecule has 2 N–H and O–H groups in total. The van der Waals surface area contributed by atoms with E-state index in [0.717, 1.165) is 19.6 Å². The standard InChI is InChI=1S/C11H22N2/c1-4-7-11(13-9-6-3)10-12-8-5-2/h5-6,11-13H,2-4,7-10H2,1H3. The molecule has 0 saturated carbocycles. The number of rotatable bonds is 9. The van der Waals surface area contributed by atoms with Crippen molar-refractivity contribution in [3.05, 3.63) is 25.3 Å². The summed E-state index contributed by atoms with van der Waals surface area (Å²) in [5, 5.41) is 6.73. The molecule has 76 valence electrons. The molecule has 0 spiro atoms. The first-order chi connectivity index (χ1) is 6.35. The van der Waals surface area contributed by atoms with E-state index in [0.29, 0.717) is 6.04 Å². The minimum Gasteiger partial charge on any atom is -0.312 e. The molecule has 0 saturated heterocycles. The van der Waals surface area contributed by atoms with Crippen LogP contribution >= 0.6 is 0 Å². The summed E-state index contributed by atoms with van der Waals surface area (Å²) in [7, 11) is 0. The molecule has 0 aliphatic heterocycles. The van der Waals surface area contributed by atoms with Crippen molar-refractivity contribution in [2.75, 3.05) is 19.6 Å². The predicted octanol–water partition coefficient (Wildman–Crippen LogP) is 1.71. The molecule has 0 fully saturated rings. The van der Waals surface area contributed by atoms with Gasteiger partial charge in [0.1, 0.15) is 0 Å². The Morgan fingerprint density at radius 1 is 1.23 bits per heavy atom. The third-order valence-electron chi connectivity index (χ3n) is 1.87. The van der Waals surface area contributed by atoms with Crippen LogP contribution in [-0.2, 0) is 0 Å². The van der Waals surface area contributed by atoms with E-state index < -0.39 is 0 Å². The Labute approximate surface area is 82.1 Å². The summed E-state index contributed by atoms with van der Waals surface area (Å²) in [5.74, 6) is 0. The van der Waals surface area contributed by atoms with Crippen LogP contribution in [0.2, 0.25) is 0 Å². The molecule has 0 heterocycles. The van der Waals surface area contributed by atoms with Crippen molar-refractivity contribution in [2.45, 2.75) is 25.8 Å². The van der Waals surface area contributed by atoms with Crippen LogP contribution in [0, 0.1) is 0 Å². The highest BCUT2D eigenvalue weighted by Crippen LogP contribution is 1.94. The second kappa shape index (κ2) is 9.49. The maximum Gasteiger partial charge on any atom is 0.0195 e. The molecule has 0 aromatic rings. The SMILES string of the molecule is C=CCNCC(CCC)NCC=C. The zero-order valence-corrected chi connectivity index (χ0v) is 8.68. The van der Waals surface area contributed by atoms with Crippen LogP contribution in [0.3, 0.4) is 0 Å². The molecule has 0 bridgehead atoms. The van der Waals surface area contributed by atoms with Gasteiger partial charge in [-0.3, -0.25) is 0 Å². The first-order valence-electron chi connectivity index (χ1n) is 5.01. The molecule has 0 aliphatic carbocycles. The Hall–Kier alpha value is -0.600. The Balaban J connectivity index is 3.52. The number of nitrogens with one attached hydrogen (secondary N) is 2. The summed E-state index contributed by atoms with van der Waals surface area (Å²) >= 11 is 0. The summed E-state index contributed by atoms with van der Waals surface area (Å²) in [6.07, 6.45) is 6.20. The molecular weight excluding hydrogens is 160 g/mol. The van der Waals surface area contributed by atoms with Gasteiger partial charge >= 0.3 is 0 Å². The largest absolute Gasteiger partial charge is 0.312 e. The van der Waals surface area contributed by atoms with Crippen LogP contribution in [0.1, 0.15) is 19.8 Å². The average molecular weight is 182 g/mol. The third kappa shape index (κ3) is 7.75. The summed E-state index contributed by atoms with van der Waals surface area (Å²) in [4.78, 5) is 0. The van der Waals surface area contributed by atoms with Crippen LogP contribution in [0.5, 0.6) is 0 Å². The molecule has 0 amide bonds. The monoisotopic (exact) mass is 182 g/mol. The molecule has 1 unspecified atom stereocenters. The van der Waals surface area contributed by atoms with Gasteiger partial charge in [0, 0.05) is 25.7 Å². The minimum atomic E-state index is 0.558. The van der Waals surface area contributed by atoms with Crippen LogP contribution in [0.4, 0.5) is 0 Å². The topological polar surface area (TPSA) is 24.1 Å². The van der Waals surface area contributed by atoms with E-state index in [-0.39, 0.29) is 0 Å². The van der Waals surface area contributed by atoms with Gasteiger partial charge in [-0.1, -0.05) is 25.5 Å². The first-order valence-corrected chi connectivity index (χ1v) is 5.01. The maximum atomic E-state index is 3.69. The van der Waals surface area contributed by atoms with Crippen LogP contribution in [-0.4, -0.2) is 25.7 Å². The van der Waals surface area contributed by atoms with Gasteiger partial charge in [-0.2, -0.15) is 0 Å². The second-order valence-electron chi connectivity index (χ2n) is 3.13. The van der Waals surface area contributed by atoms with Crippen molar-refractivity contribution >= 4 is 0 Å². The van der Waals surface area contributed by atoms with Crippen molar-refractivity contribution in [3.8, 4) is 0 Å². The number of hydrogen-bond donors (Lipinski definition) is 2. The van der Waals surface area contributed by atoms with Crippen molar-refractivity contribution in [3.63, 3.8) is 0 Å². The van der Waals surface area contributed by atoms with E-state index in [1.165, 1.54) is 12.8 Å². The zero-order valence-electron chi connectivity index (χ0n) is 8.68. The lowest BCUT2D eigenvalue weighted by Crippen LogP contribution is -2.38. The second-order valence-corrected chi connectivity index (χ2v) is 3.13. The Morgan fingerprint density at radius 2 is 1.92 bits per heavy atom. The summed E-state index contributed by atoms with van der Waals surface area (Å²) in [6, 6.07) is 0.558.